The van der Waals surface area contributed by atoms with E-state index in [2.05, 4.69) is 10.6 Å². The number of fused-ring (bicyclic) bond motifs is 1. The minimum absolute atomic E-state index is 0.112. The van der Waals surface area contributed by atoms with E-state index in [1.54, 1.807) is 18.2 Å². The summed E-state index contributed by atoms with van der Waals surface area (Å²) in [5.74, 6) is -0.724. The van der Waals surface area contributed by atoms with Gasteiger partial charge >= 0.3 is 11.8 Å². The van der Waals surface area contributed by atoms with Gasteiger partial charge in [-0.25, -0.2) is 0 Å². The lowest BCUT2D eigenvalue weighted by Crippen LogP contribution is -2.29. The summed E-state index contributed by atoms with van der Waals surface area (Å²) in [6, 6.07) is 9.93. The minimum atomic E-state index is -0.899. The number of ether oxygens (including phenoxy) is 2. The van der Waals surface area contributed by atoms with Crippen molar-refractivity contribution in [2.75, 3.05) is 23.8 Å². The summed E-state index contributed by atoms with van der Waals surface area (Å²) in [5.41, 5.74) is 0.541. The number of non-ortho nitro benzene ring substituents is 1. The number of nitrogens with one attached hydrogen (secondary N) is 2. The van der Waals surface area contributed by atoms with Gasteiger partial charge in [-0.05, 0) is 24.3 Å². The zero-order valence-corrected chi connectivity index (χ0v) is 12.9. The quantitative estimate of drug-likeness (QED) is 0.499. The van der Waals surface area contributed by atoms with Crippen molar-refractivity contribution in [1.29, 1.82) is 0 Å². The van der Waals surface area contributed by atoms with Gasteiger partial charge in [-0.3, -0.25) is 19.7 Å². The number of nitro groups is 1. The van der Waals surface area contributed by atoms with E-state index in [0.717, 1.165) is 0 Å². The summed E-state index contributed by atoms with van der Waals surface area (Å²) in [4.78, 5) is 33.9. The van der Waals surface area contributed by atoms with E-state index in [0.29, 0.717) is 30.4 Å². The van der Waals surface area contributed by atoms with Crippen LogP contribution in [0, 0.1) is 10.1 Å². The molecule has 2 aromatic rings. The Bertz CT molecular complexity index is 834. The second kappa shape index (κ2) is 6.87. The standard InChI is InChI=1S/C16H13N3O6/c20-15(17-10-1-4-12(5-2-10)19(22)23)16(21)18-11-3-6-13-14(9-11)25-8-7-24-13/h1-6,9H,7-8H2,(H,17,20)(H,18,21). The van der Waals surface area contributed by atoms with Crippen molar-refractivity contribution in [3.8, 4) is 11.5 Å². The molecular formula is C16H13N3O6. The number of amides is 2. The SMILES string of the molecule is O=C(Nc1ccc([N+](=O)[O-])cc1)C(=O)Nc1ccc2c(c1)OCCO2. The Hall–Kier alpha value is -3.62. The third-order valence-electron chi connectivity index (χ3n) is 3.34. The van der Waals surface area contributed by atoms with Crippen LogP contribution < -0.4 is 20.1 Å². The minimum Gasteiger partial charge on any atom is -0.486 e. The second-order valence-electron chi connectivity index (χ2n) is 5.07. The van der Waals surface area contributed by atoms with Crippen LogP contribution in [0.25, 0.3) is 0 Å². The van der Waals surface area contributed by atoms with Crippen LogP contribution in [0.5, 0.6) is 11.5 Å². The van der Waals surface area contributed by atoms with Gasteiger partial charge in [0.25, 0.3) is 5.69 Å². The van der Waals surface area contributed by atoms with Gasteiger partial charge in [-0.1, -0.05) is 0 Å². The molecule has 2 aromatic carbocycles. The molecule has 0 spiro atoms. The van der Waals surface area contributed by atoms with Gasteiger partial charge in [0.15, 0.2) is 11.5 Å². The molecule has 25 heavy (non-hydrogen) atoms. The van der Waals surface area contributed by atoms with Crippen LogP contribution in [-0.4, -0.2) is 30.0 Å². The molecule has 0 saturated heterocycles. The van der Waals surface area contributed by atoms with Gasteiger partial charge in [0.2, 0.25) is 0 Å². The average molecular weight is 343 g/mol. The molecule has 0 radical (unpaired) electrons. The maximum absolute atomic E-state index is 12.0. The molecule has 9 nitrogen and oxygen atoms in total. The lowest BCUT2D eigenvalue weighted by atomic mass is 10.2. The maximum atomic E-state index is 12.0. The highest BCUT2D eigenvalue weighted by Crippen LogP contribution is 2.32. The van der Waals surface area contributed by atoms with Crippen molar-refractivity contribution in [2.45, 2.75) is 0 Å². The number of hydrogen-bond acceptors (Lipinski definition) is 6. The molecule has 0 unspecified atom stereocenters. The third kappa shape index (κ3) is 3.83. The number of carbonyl (C=O) groups excluding carboxylic acids is 2. The summed E-state index contributed by atoms with van der Waals surface area (Å²) in [7, 11) is 0. The second-order valence-corrected chi connectivity index (χ2v) is 5.07. The normalized spacial score (nSPS) is 12.2. The molecule has 3 rings (SSSR count). The zero-order chi connectivity index (χ0) is 17.8. The number of benzene rings is 2. The van der Waals surface area contributed by atoms with Gasteiger partial charge in [0, 0.05) is 29.6 Å². The molecule has 0 fully saturated rings. The fraction of sp³-hybridized carbons (Fsp3) is 0.125. The molecule has 128 valence electrons. The average Bonchev–Trinajstić information content (AvgIpc) is 2.62. The Morgan fingerprint density at radius 2 is 1.44 bits per heavy atom. The molecule has 2 amide bonds. The van der Waals surface area contributed by atoms with E-state index in [1.807, 2.05) is 0 Å². The zero-order valence-electron chi connectivity index (χ0n) is 12.9. The Labute approximate surface area is 141 Å². The van der Waals surface area contributed by atoms with Crippen molar-refractivity contribution in [3.63, 3.8) is 0 Å². The number of hydrogen-bond donors (Lipinski definition) is 2. The number of anilines is 2. The molecule has 0 bridgehead atoms. The Kier molecular flexibility index (Phi) is 4.46. The van der Waals surface area contributed by atoms with Crippen molar-refractivity contribution in [3.05, 3.63) is 52.6 Å². The summed E-state index contributed by atoms with van der Waals surface area (Å²) in [5, 5.41) is 15.4. The topological polar surface area (TPSA) is 120 Å². The first-order chi connectivity index (χ1) is 12.0. The molecule has 0 saturated carbocycles. The largest absolute Gasteiger partial charge is 0.486 e. The number of rotatable bonds is 3. The predicted molar refractivity (Wildman–Crippen MR) is 87.8 cm³/mol. The van der Waals surface area contributed by atoms with Crippen molar-refractivity contribution in [1.82, 2.24) is 0 Å². The number of nitrogens with zero attached hydrogens (tertiary/aromatic N) is 1. The maximum Gasteiger partial charge on any atom is 0.314 e. The molecule has 0 aromatic heterocycles. The van der Waals surface area contributed by atoms with E-state index in [4.69, 9.17) is 9.47 Å². The van der Waals surface area contributed by atoms with Crippen LogP contribution in [0.4, 0.5) is 17.1 Å². The lowest BCUT2D eigenvalue weighted by Gasteiger charge is -2.18. The molecule has 1 aliphatic heterocycles. The smallest absolute Gasteiger partial charge is 0.314 e. The van der Waals surface area contributed by atoms with E-state index < -0.39 is 16.7 Å². The van der Waals surface area contributed by atoms with E-state index in [-0.39, 0.29) is 11.4 Å². The van der Waals surface area contributed by atoms with Crippen LogP contribution >= 0.6 is 0 Å². The lowest BCUT2D eigenvalue weighted by molar-refractivity contribution is -0.384. The summed E-state index contributed by atoms with van der Waals surface area (Å²) in [6.07, 6.45) is 0. The highest BCUT2D eigenvalue weighted by Gasteiger charge is 2.17. The summed E-state index contributed by atoms with van der Waals surface area (Å²) in [6.45, 7) is 0.862. The monoisotopic (exact) mass is 343 g/mol. The molecule has 0 atom stereocenters. The van der Waals surface area contributed by atoms with Crippen molar-refractivity contribution < 1.29 is 24.0 Å². The molecule has 0 aliphatic carbocycles. The van der Waals surface area contributed by atoms with Crippen molar-refractivity contribution in [2.24, 2.45) is 0 Å². The molecule has 9 heteroatoms. The molecular weight excluding hydrogens is 330 g/mol. The Balaban J connectivity index is 1.62. The molecule has 1 aliphatic rings. The van der Waals surface area contributed by atoms with Crippen LogP contribution in [0.15, 0.2) is 42.5 Å². The van der Waals surface area contributed by atoms with Gasteiger partial charge in [0.05, 0.1) is 4.92 Å². The number of nitro benzene ring substituents is 1. The predicted octanol–water partition coefficient (Wildman–Crippen LogP) is 1.94. The fourth-order valence-electron chi connectivity index (χ4n) is 2.16. The number of carbonyl (C=O) groups is 2. The first kappa shape index (κ1) is 16.2. The highest BCUT2D eigenvalue weighted by atomic mass is 16.6. The van der Waals surface area contributed by atoms with Crippen LogP contribution in [0.2, 0.25) is 0 Å². The Morgan fingerprint density at radius 3 is 2.08 bits per heavy atom. The van der Waals surface area contributed by atoms with Gasteiger partial charge in [0.1, 0.15) is 13.2 Å². The Morgan fingerprint density at radius 1 is 0.880 bits per heavy atom. The van der Waals surface area contributed by atoms with Crippen LogP contribution in [-0.2, 0) is 9.59 Å². The van der Waals surface area contributed by atoms with Crippen LogP contribution in [0.3, 0.4) is 0 Å². The van der Waals surface area contributed by atoms with Gasteiger partial charge in [-0.15, -0.1) is 0 Å². The van der Waals surface area contributed by atoms with E-state index in [1.165, 1.54) is 24.3 Å². The summed E-state index contributed by atoms with van der Waals surface area (Å²) < 4.78 is 10.8. The van der Waals surface area contributed by atoms with Gasteiger partial charge < -0.3 is 20.1 Å². The molecule has 2 N–H and O–H groups in total. The third-order valence-corrected chi connectivity index (χ3v) is 3.34. The van der Waals surface area contributed by atoms with E-state index >= 15 is 0 Å². The fourth-order valence-corrected chi connectivity index (χ4v) is 2.16. The first-order valence-electron chi connectivity index (χ1n) is 7.29. The van der Waals surface area contributed by atoms with Crippen molar-refractivity contribution >= 4 is 28.9 Å². The van der Waals surface area contributed by atoms with E-state index in [9.17, 15) is 19.7 Å². The molecule has 1 heterocycles. The first-order valence-corrected chi connectivity index (χ1v) is 7.29. The highest BCUT2D eigenvalue weighted by molar-refractivity contribution is 6.43. The van der Waals surface area contributed by atoms with Crippen LogP contribution in [0.1, 0.15) is 0 Å². The summed E-state index contributed by atoms with van der Waals surface area (Å²) >= 11 is 0. The van der Waals surface area contributed by atoms with Gasteiger partial charge in [-0.2, -0.15) is 0 Å².